The highest BCUT2D eigenvalue weighted by Gasteiger charge is 2.27. The molecule has 34 heavy (non-hydrogen) atoms. The number of carbonyl (C=O) groups excluding carboxylic acids is 1. The van der Waals surface area contributed by atoms with Crippen LogP contribution in [0.25, 0.3) is 0 Å². The molecule has 3 aromatic carbocycles. The Labute approximate surface area is 202 Å². The van der Waals surface area contributed by atoms with Crippen molar-refractivity contribution >= 4 is 38.9 Å². The Hall–Kier alpha value is -3.56. The Morgan fingerprint density at radius 1 is 1.00 bits per heavy atom. The Morgan fingerprint density at radius 2 is 1.74 bits per heavy atom. The lowest BCUT2D eigenvalue weighted by Crippen LogP contribution is -2.39. The second kappa shape index (κ2) is 10.1. The molecule has 0 saturated heterocycles. The van der Waals surface area contributed by atoms with Gasteiger partial charge in [-0.1, -0.05) is 35.9 Å². The van der Waals surface area contributed by atoms with Crippen molar-refractivity contribution in [3.63, 3.8) is 0 Å². The van der Waals surface area contributed by atoms with E-state index in [0.29, 0.717) is 35.4 Å². The highest BCUT2D eigenvalue weighted by molar-refractivity contribution is 7.92. The lowest BCUT2D eigenvalue weighted by atomic mass is 10.1. The first-order valence-electron chi connectivity index (χ1n) is 10.4. The zero-order valence-electron chi connectivity index (χ0n) is 18.3. The lowest BCUT2D eigenvalue weighted by molar-refractivity contribution is -0.119. The van der Waals surface area contributed by atoms with Crippen LogP contribution in [0.5, 0.6) is 11.5 Å². The molecule has 0 aromatic heterocycles. The van der Waals surface area contributed by atoms with Gasteiger partial charge in [-0.05, 0) is 55.5 Å². The fourth-order valence-corrected chi connectivity index (χ4v) is 4.93. The number of benzene rings is 3. The van der Waals surface area contributed by atoms with Crippen LogP contribution in [0.1, 0.15) is 12.5 Å². The number of sulfonamides is 1. The van der Waals surface area contributed by atoms with Gasteiger partial charge in [0.2, 0.25) is 0 Å². The number of anilines is 1. The third-order valence-electron chi connectivity index (χ3n) is 5.02. The van der Waals surface area contributed by atoms with Crippen LogP contribution in [-0.2, 0) is 14.8 Å². The summed E-state index contributed by atoms with van der Waals surface area (Å²) in [5.41, 5.74) is 3.95. The van der Waals surface area contributed by atoms with Crippen LogP contribution >= 0.6 is 11.6 Å². The van der Waals surface area contributed by atoms with Crippen LogP contribution < -0.4 is 19.2 Å². The van der Waals surface area contributed by atoms with Crippen molar-refractivity contribution < 1.29 is 22.7 Å². The molecule has 3 aromatic rings. The van der Waals surface area contributed by atoms with E-state index >= 15 is 0 Å². The molecule has 0 saturated carbocycles. The molecule has 176 valence electrons. The first kappa shape index (κ1) is 23.6. The number of rotatable bonds is 7. The number of ether oxygens (including phenoxy) is 2. The fourth-order valence-electron chi connectivity index (χ4n) is 3.31. The summed E-state index contributed by atoms with van der Waals surface area (Å²) in [4.78, 5) is 12.8. The quantitative estimate of drug-likeness (QED) is 0.393. The Bertz CT molecular complexity index is 1330. The van der Waals surface area contributed by atoms with Crippen molar-refractivity contribution in [3.8, 4) is 11.5 Å². The van der Waals surface area contributed by atoms with Crippen LogP contribution in [0.3, 0.4) is 0 Å². The number of halogens is 1. The van der Waals surface area contributed by atoms with Crippen molar-refractivity contribution in [2.24, 2.45) is 5.10 Å². The molecule has 1 heterocycles. The van der Waals surface area contributed by atoms with E-state index in [-0.39, 0.29) is 10.6 Å². The van der Waals surface area contributed by atoms with Gasteiger partial charge < -0.3 is 9.47 Å². The predicted octanol–water partition coefficient (Wildman–Crippen LogP) is 3.85. The van der Waals surface area contributed by atoms with Gasteiger partial charge in [0.05, 0.1) is 16.3 Å². The predicted molar refractivity (Wildman–Crippen MR) is 130 cm³/mol. The molecule has 0 spiro atoms. The van der Waals surface area contributed by atoms with Crippen molar-refractivity contribution in [3.05, 3.63) is 83.4 Å². The third kappa shape index (κ3) is 5.32. The maximum absolute atomic E-state index is 13.3. The van der Waals surface area contributed by atoms with Gasteiger partial charge >= 0.3 is 0 Å². The summed E-state index contributed by atoms with van der Waals surface area (Å²) in [5, 5.41) is 4.48. The first-order chi connectivity index (χ1) is 16.3. The minimum atomic E-state index is -4.03. The number of hydrogen-bond acceptors (Lipinski definition) is 6. The average molecular weight is 500 g/mol. The third-order valence-corrected chi connectivity index (χ3v) is 7.05. The second-order valence-electron chi connectivity index (χ2n) is 7.40. The maximum atomic E-state index is 13.3. The van der Waals surface area contributed by atoms with Crippen molar-refractivity contribution in [2.45, 2.75) is 11.8 Å². The lowest BCUT2D eigenvalue weighted by Gasteiger charge is -2.24. The minimum absolute atomic E-state index is 0.0544. The molecular weight excluding hydrogens is 478 g/mol. The molecule has 0 unspecified atom stereocenters. The van der Waals surface area contributed by atoms with Gasteiger partial charge in [0.25, 0.3) is 15.9 Å². The molecule has 1 amide bonds. The zero-order chi connectivity index (χ0) is 24.1. The van der Waals surface area contributed by atoms with E-state index in [1.54, 1.807) is 61.5 Å². The number of carbonyl (C=O) groups is 1. The summed E-state index contributed by atoms with van der Waals surface area (Å²) in [6, 6.07) is 19.5. The van der Waals surface area contributed by atoms with Gasteiger partial charge in [-0.25, -0.2) is 13.8 Å². The number of nitrogens with one attached hydrogen (secondary N) is 1. The molecule has 1 N–H and O–H groups in total. The van der Waals surface area contributed by atoms with Crippen LogP contribution in [0.2, 0.25) is 5.02 Å². The van der Waals surface area contributed by atoms with E-state index in [9.17, 15) is 13.2 Å². The molecule has 4 rings (SSSR count). The standard InChI is InChI=1S/C24H22ClN3O5S/c1-17(18-10-11-22-23(14-18)33-13-12-32-22)26-27-24(29)16-28(20-7-5-6-19(25)15-20)34(30,31)21-8-3-2-4-9-21/h2-11,14-15H,12-13,16H2,1H3,(H,27,29)/b26-17-. The molecule has 0 fully saturated rings. The van der Waals surface area contributed by atoms with Gasteiger partial charge in [-0.3, -0.25) is 9.10 Å². The van der Waals surface area contributed by atoms with E-state index in [1.165, 1.54) is 18.2 Å². The summed E-state index contributed by atoms with van der Waals surface area (Å²) in [5.74, 6) is 0.636. The summed E-state index contributed by atoms with van der Waals surface area (Å²) in [6.07, 6.45) is 0. The van der Waals surface area contributed by atoms with Crippen molar-refractivity contribution in [1.82, 2.24) is 5.43 Å². The van der Waals surface area contributed by atoms with Gasteiger partial charge in [-0.15, -0.1) is 0 Å². The van der Waals surface area contributed by atoms with Crippen LogP contribution in [-0.4, -0.2) is 39.8 Å². The summed E-state index contributed by atoms with van der Waals surface area (Å²) >= 11 is 6.08. The van der Waals surface area contributed by atoms with Crippen LogP contribution in [0.15, 0.2) is 82.8 Å². The number of hydrazone groups is 1. The topological polar surface area (TPSA) is 97.3 Å². The Balaban J connectivity index is 1.55. The molecule has 0 bridgehead atoms. The number of hydrogen-bond donors (Lipinski definition) is 1. The first-order valence-corrected chi connectivity index (χ1v) is 12.2. The molecule has 1 aliphatic heterocycles. The highest BCUT2D eigenvalue weighted by Crippen LogP contribution is 2.31. The summed E-state index contributed by atoms with van der Waals surface area (Å²) < 4.78 is 38.7. The van der Waals surface area contributed by atoms with Gasteiger partial charge in [0.1, 0.15) is 19.8 Å². The Morgan fingerprint density at radius 3 is 2.47 bits per heavy atom. The molecule has 8 nitrogen and oxygen atoms in total. The Kier molecular flexibility index (Phi) is 7.04. The molecular formula is C24H22ClN3O5S. The smallest absolute Gasteiger partial charge is 0.264 e. The van der Waals surface area contributed by atoms with Crippen LogP contribution in [0.4, 0.5) is 5.69 Å². The normalized spacial score (nSPS) is 13.3. The monoisotopic (exact) mass is 499 g/mol. The SMILES string of the molecule is C/C(=N/NC(=O)CN(c1cccc(Cl)c1)S(=O)(=O)c1ccccc1)c1ccc2c(c1)OCCO2. The van der Waals surface area contributed by atoms with Crippen molar-refractivity contribution in [1.29, 1.82) is 0 Å². The minimum Gasteiger partial charge on any atom is -0.486 e. The van der Waals surface area contributed by atoms with Crippen molar-refractivity contribution in [2.75, 3.05) is 24.1 Å². The van der Waals surface area contributed by atoms with E-state index in [0.717, 1.165) is 9.87 Å². The second-order valence-corrected chi connectivity index (χ2v) is 9.69. The molecule has 0 radical (unpaired) electrons. The zero-order valence-corrected chi connectivity index (χ0v) is 19.8. The average Bonchev–Trinajstić information content (AvgIpc) is 2.86. The maximum Gasteiger partial charge on any atom is 0.264 e. The van der Waals surface area contributed by atoms with Gasteiger partial charge in [0.15, 0.2) is 11.5 Å². The number of amides is 1. The largest absolute Gasteiger partial charge is 0.486 e. The fraction of sp³-hybridized carbons (Fsp3) is 0.167. The van der Waals surface area contributed by atoms with Gasteiger partial charge in [0, 0.05) is 10.6 Å². The summed E-state index contributed by atoms with van der Waals surface area (Å²) in [7, 11) is -4.03. The van der Waals surface area contributed by atoms with E-state index in [4.69, 9.17) is 21.1 Å². The van der Waals surface area contributed by atoms with E-state index in [1.807, 2.05) is 0 Å². The molecule has 10 heteroatoms. The number of nitrogens with zero attached hydrogens (tertiary/aromatic N) is 2. The number of fused-ring (bicyclic) bond motifs is 1. The summed E-state index contributed by atoms with van der Waals surface area (Å²) in [6.45, 7) is 2.18. The van der Waals surface area contributed by atoms with E-state index < -0.39 is 22.5 Å². The molecule has 0 atom stereocenters. The van der Waals surface area contributed by atoms with E-state index in [2.05, 4.69) is 10.5 Å². The van der Waals surface area contributed by atoms with Crippen LogP contribution in [0, 0.1) is 0 Å². The molecule has 1 aliphatic rings. The highest BCUT2D eigenvalue weighted by atomic mass is 35.5. The molecule has 0 aliphatic carbocycles. The van der Waals surface area contributed by atoms with Gasteiger partial charge in [-0.2, -0.15) is 5.10 Å².